The van der Waals surface area contributed by atoms with Crippen molar-refractivity contribution in [2.24, 2.45) is 5.92 Å². The summed E-state index contributed by atoms with van der Waals surface area (Å²) < 4.78 is 44.7. The second kappa shape index (κ2) is 9.95. The fourth-order valence-electron chi connectivity index (χ4n) is 2.80. The summed E-state index contributed by atoms with van der Waals surface area (Å²) in [5, 5.41) is 4.86. The number of halogens is 3. The molecule has 2 amide bonds. The highest BCUT2D eigenvalue weighted by Crippen LogP contribution is 2.24. The molecule has 0 radical (unpaired) electrons. The van der Waals surface area contributed by atoms with E-state index in [1.807, 2.05) is 0 Å². The zero-order valence-corrected chi connectivity index (χ0v) is 15.0. The van der Waals surface area contributed by atoms with E-state index in [4.69, 9.17) is 4.74 Å². The first-order valence-electron chi connectivity index (χ1n) is 8.82. The summed E-state index contributed by atoms with van der Waals surface area (Å²) in [5.41, 5.74) is 0.209. The number of carbonyl (C=O) groups is 3. The van der Waals surface area contributed by atoms with Gasteiger partial charge in [-0.15, -0.1) is 13.2 Å². The zero-order chi connectivity index (χ0) is 20.6. The minimum absolute atomic E-state index is 0.0888. The van der Waals surface area contributed by atoms with Crippen LogP contribution < -0.4 is 15.4 Å². The Labute approximate surface area is 159 Å². The van der Waals surface area contributed by atoms with Crippen LogP contribution in [0.1, 0.15) is 32.1 Å². The van der Waals surface area contributed by atoms with Crippen LogP contribution in [-0.2, 0) is 19.1 Å². The number of ether oxygens (including phenoxy) is 2. The molecule has 0 saturated heterocycles. The number of rotatable bonds is 7. The van der Waals surface area contributed by atoms with Crippen LogP contribution in [0.4, 0.5) is 18.9 Å². The van der Waals surface area contributed by atoms with Gasteiger partial charge in [0.15, 0.2) is 6.61 Å². The zero-order valence-electron chi connectivity index (χ0n) is 15.0. The molecule has 1 aliphatic carbocycles. The van der Waals surface area contributed by atoms with E-state index in [0.29, 0.717) is 0 Å². The van der Waals surface area contributed by atoms with Crippen LogP contribution in [-0.4, -0.2) is 37.3 Å². The van der Waals surface area contributed by atoms with Gasteiger partial charge in [0.2, 0.25) is 5.91 Å². The number of hydrogen-bond donors (Lipinski definition) is 2. The average molecular weight is 402 g/mol. The van der Waals surface area contributed by atoms with E-state index < -0.39 is 30.6 Å². The van der Waals surface area contributed by atoms with E-state index in [-0.39, 0.29) is 24.1 Å². The number of alkyl halides is 3. The smallest absolute Gasteiger partial charge is 0.454 e. The van der Waals surface area contributed by atoms with E-state index >= 15 is 0 Å². The number of esters is 1. The van der Waals surface area contributed by atoms with Crippen molar-refractivity contribution in [3.05, 3.63) is 24.3 Å². The van der Waals surface area contributed by atoms with Gasteiger partial charge in [0, 0.05) is 11.6 Å². The fourth-order valence-corrected chi connectivity index (χ4v) is 2.80. The molecular formula is C18H21F3N2O5. The van der Waals surface area contributed by atoms with Gasteiger partial charge in [0.1, 0.15) is 12.3 Å². The van der Waals surface area contributed by atoms with Gasteiger partial charge in [0.25, 0.3) is 5.91 Å². The van der Waals surface area contributed by atoms with Gasteiger partial charge >= 0.3 is 12.3 Å². The predicted octanol–water partition coefficient (Wildman–Crippen LogP) is 2.76. The van der Waals surface area contributed by atoms with Crippen LogP contribution >= 0.6 is 0 Å². The predicted molar refractivity (Wildman–Crippen MR) is 92.3 cm³/mol. The van der Waals surface area contributed by atoms with Gasteiger partial charge in [0.05, 0.1) is 0 Å². The second-order valence-corrected chi connectivity index (χ2v) is 6.33. The number of amides is 2. The van der Waals surface area contributed by atoms with Crippen molar-refractivity contribution in [2.75, 3.05) is 18.5 Å². The summed E-state index contributed by atoms with van der Waals surface area (Å²) in [6.07, 6.45) is -0.103. The van der Waals surface area contributed by atoms with Gasteiger partial charge < -0.3 is 20.1 Å². The van der Waals surface area contributed by atoms with E-state index in [2.05, 4.69) is 15.4 Å². The van der Waals surface area contributed by atoms with Gasteiger partial charge in [-0.25, -0.2) is 0 Å². The Bertz CT molecular complexity index is 685. The number of anilines is 1. The monoisotopic (exact) mass is 402 g/mol. The van der Waals surface area contributed by atoms with Crippen LogP contribution in [0.5, 0.6) is 5.75 Å². The van der Waals surface area contributed by atoms with Crippen molar-refractivity contribution in [3.63, 3.8) is 0 Å². The van der Waals surface area contributed by atoms with Crippen molar-refractivity contribution in [3.8, 4) is 5.75 Å². The largest absolute Gasteiger partial charge is 0.573 e. The number of benzene rings is 1. The SMILES string of the molecule is O=C(COC(=O)CNC(=O)C1CCCCC1)Nc1ccc(OC(F)(F)F)cc1. The van der Waals surface area contributed by atoms with E-state index in [1.54, 1.807) is 0 Å². The molecule has 7 nitrogen and oxygen atoms in total. The third kappa shape index (κ3) is 7.85. The second-order valence-electron chi connectivity index (χ2n) is 6.33. The van der Waals surface area contributed by atoms with Crippen molar-refractivity contribution >= 4 is 23.5 Å². The maximum Gasteiger partial charge on any atom is 0.573 e. The molecule has 0 heterocycles. The van der Waals surface area contributed by atoms with Crippen LogP contribution in [0, 0.1) is 5.92 Å². The highest BCUT2D eigenvalue weighted by atomic mass is 19.4. The first-order valence-corrected chi connectivity index (χ1v) is 8.82. The van der Waals surface area contributed by atoms with Crippen molar-refractivity contribution in [2.45, 2.75) is 38.5 Å². The lowest BCUT2D eigenvalue weighted by Gasteiger charge is -2.20. The van der Waals surface area contributed by atoms with Gasteiger partial charge in [-0.05, 0) is 37.1 Å². The summed E-state index contributed by atoms with van der Waals surface area (Å²) in [4.78, 5) is 35.3. The molecule has 154 valence electrons. The molecule has 0 spiro atoms. The molecule has 2 rings (SSSR count). The van der Waals surface area contributed by atoms with Crippen LogP contribution in [0.3, 0.4) is 0 Å². The molecule has 1 saturated carbocycles. The van der Waals surface area contributed by atoms with E-state index in [1.165, 1.54) is 12.1 Å². The lowest BCUT2D eigenvalue weighted by atomic mass is 9.89. The Balaban J connectivity index is 1.67. The van der Waals surface area contributed by atoms with Crippen LogP contribution in [0.25, 0.3) is 0 Å². The standard InChI is InChI=1S/C18H21F3N2O5/c19-18(20,21)28-14-8-6-13(7-9-14)23-15(24)11-27-16(25)10-22-17(26)12-4-2-1-3-5-12/h6-9,12H,1-5,10-11H2,(H,22,26)(H,23,24). The lowest BCUT2D eigenvalue weighted by Crippen LogP contribution is -2.36. The highest BCUT2D eigenvalue weighted by molar-refractivity contribution is 5.93. The Hall–Kier alpha value is -2.78. The summed E-state index contributed by atoms with van der Waals surface area (Å²) >= 11 is 0. The van der Waals surface area contributed by atoms with Crippen LogP contribution in [0.2, 0.25) is 0 Å². The summed E-state index contributed by atoms with van der Waals surface area (Å²) in [6, 6.07) is 4.50. The Morgan fingerprint density at radius 1 is 1.04 bits per heavy atom. The van der Waals surface area contributed by atoms with Gasteiger partial charge in [-0.1, -0.05) is 19.3 Å². The maximum atomic E-state index is 12.1. The number of hydrogen-bond acceptors (Lipinski definition) is 5. The first kappa shape index (κ1) is 21.5. The molecule has 0 atom stereocenters. The van der Waals surface area contributed by atoms with Crippen molar-refractivity contribution in [1.29, 1.82) is 0 Å². The number of nitrogens with one attached hydrogen (secondary N) is 2. The van der Waals surface area contributed by atoms with Gasteiger partial charge in [-0.3, -0.25) is 14.4 Å². The van der Waals surface area contributed by atoms with Crippen molar-refractivity contribution in [1.82, 2.24) is 5.32 Å². The maximum absolute atomic E-state index is 12.1. The van der Waals surface area contributed by atoms with Gasteiger partial charge in [-0.2, -0.15) is 0 Å². The Morgan fingerprint density at radius 2 is 1.68 bits per heavy atom. The molecule has 2 N–H and O–H groups in total. The molecule has 1 aromatic rings. The molecular weight excluding hydrogens is 381 g/mol. The Kier molecular flexibility index (Phi) is 7.65. The summed E-state index contributed by atoms with van der Waals surface area (Å²) in [5.74, 6) is -2.13. The number of carbonyl (C=O) groups excluding carboxylic acids is 3. The molecule has 0 aliphatic heterocycles. The van der Waals surface area contributed by atoms with Crippen molar-refractivity contribution < 1.29 is 37.0 Å². The minimum Gasteiger partial charge on any atom is -0.454 e. The molecule has 1 fully saturated rings. The first-order chi connectivity index (χ1) is 13.2. The van der Waals surface area contributed by atoms with E-state index in [0.717, 1.165) is 44.2 Å². The highest BCUT2D eigenvalue weighted by Gasteiger charge is 2.31. The molecule has 1 aromatic carbocycles. The third-order valence-electron chi connectivity index (χ3n) is 4.12. The molecule has 0 aromatic heterocycles. The van der Waals surface area contributed by atoms with E-state index in [9.17, 15) is 27.6 Å². The fraction of sp³-hybridized carbons (Fsp3) is 0.500. The molecule has 10 heteroatoms. The molecule has 28 heavy (non-hydrogen) atoms. The lowest BCUT2D eigenvalue weighted by molar-refractivity contribution is -0.274. The third-order valence-corrected chi connectivity index (χ3v) is 4.12. The molecule has 0 unspecified atom stereocenters. The average Bonchev–Trinajstić information content (AvgIpc) is 2.65. The minimum atomic E-state index is -4.80. The normalized spacial score (nSPS) is 14.8. The Morgan fingerprint density at radius 3 is 2.29 bits per heavy atom. The quantitative estimate of drug-likeness (QED) is 0.684. The van der Waals surface area contributed by atoms with Crippen LogP contribution in [0.15, 0.2) is 24.3 Å². The summed E-state index contributed by atoms with van der Waals surface area (Å²) in [6.45, 7) is -0.912. The molecule has 1 aliphatic rings. The molecule has 0 bridgehead atoms. The topological polar surface area (TPSA) is 93.7 Å². The summed E-state index contributed by atoms with van der Waals surface area (Å²) in [7, 11) is 0.